The highest BCUT2D eigenvalue weighted by atomic mass is 19.1. The van der Waals surface area contributed by atoms with Crippen molar-refractivity contribution < 1.29 is 9.50 Å². The lowest BCUT2D eigenvalue weighted by Gasteiger charge is -2.15. The molecule has 0 bridgehead atoms. The van der Waals surface area contributed by atoms with E-state index in [1.165, 1.54) is 6.07 Å². The van der Waals surface area contributed by atoms with Crippen LogP contribution in [0.1, 0.15) is 12.5 Å². The van der Waals surface area contributed by atoms with E-state index in [-0.39, 0.29) is 18.5 Å². The number of aryl methyl sites for hydroxylation is 1. The average molecular weight is 198 g/mol. The molecule has 0 aliphatic carbocycles. The van der Waals surface area contributed by atoms with Gasteiger partial charge in [-0.15, -0.1) is 0 Å². The van der Waals surface area contributed by atoms with Gasteiger partial charge >= 0.3 is 0 Å². The maximum Gasteiger partial charge on any atom is 0.128 e. The summed E-state index contributed by atoms with van der Waals surface area (Å²) in [6.07, 6.45) is 0. The molecule has 14 heavy (non-hydrogen) atoms. The smallest absolute Gasteiger partial charge is 0.128 e. The standard InChI is InChI=1S/C10H15FN2O/c1-6-3-10(13-7(2)5-14)9(12)4-8(6)11/h3-4,7,13-14H,5,12H2,1-2H3. The molecule has 0 saturated carbocycles. The Kier molecular flexibility index (Phi) is 3.30. The van der Waals surface area contributed by atoms with Gasteiger partial charge in [0.25, 0.3) is 0 Å². The van der Waals surface area contributed by atoms with Crippen LogP contribution in [0.4, 0.5) is 15.8 Å². The van der Waals surface area contributed by atoms with Gasteiger partial charge in [0.2, 0.25) is 0 Å². The fourth-order valence-corrected chi connectivity index (χ4v) is 1.13. The van der Waals surface area contributed by atoms with Crippen molar-refractivity contribution >= 4 is 11.4 Å². The van der Waals surface area contributed by atoms with Crippen LogP contribution >= 0.6 is 0 Å². The second-order valence-electron chi connectivity index (χ2n) is 3.42. The van der Waals surface area contributed by atoms with Crippen LogP contribution in [0.15, 0.2) is 12.1 Å². The number of benzene rings is 1. The van der Waals surface area contributed by atoms with Crippen LogP contribution in [0.2, 0.25) is 0 Å². The number of aliphatic hydroxyl groups is 1. The Morgan fingerprint density at radius 2 is 2.21 bits per heavy atom. The number of aliphatic hydroxyl groups excluding tert-OH is 1. The van der Waals surface area contributed by atoms with E-state index in [2.05, 4.69) is 5.32 Å². The van der Waals surface area contributed by atoms with Crippen molar-refractivity contribution in [2.75, 3.05) is 17.7 Å². The number of rotatable bonds is 3. The molecule has 0 aromatic heterocycles. The summed E-state index contributed by atoms with van der Waals surface area (Å²) in [7, 11) is 0. The number of nitrogen functional groups attached to an aromatic ring is 1. The topological polar surface area (TPSA) is 58.3 Å². The van der Waals surface area contributed by atoms with Gasteiger partial charge < -0.3 is 16.2 Å². The highest BCUT2D eigenvalue weighted by Crippen LogP contribution is 2.22. The summed E-state index contributed by atoms with van der Waals surface area (Å²) in [6.45, 7) is 3.50. The highest BCUT2D eigenvalue weighted by molar-refractivity contribution is 5.67. The van der Waals surface area contributed by atoms with Gasteiger partial charge in [-0.25, -0.2) is 4.39 Å². The molecule has 1 rings (SSSR count). The summed E-state index contributed by atoms with van der Waals surface area (Å²) in [6, 6.07) is 2.82. The Bertz CT molecular complexity index is 328. The number of anilines is 2. The molecule has 0 spiro atoms. The van der Waals surface area contributed by atoms with Crippen molar-refractivity contribution in [2.24, 2.45) is 0 Å². The first-order valence-electron chi connectivity index (χ1n) is 4.47. The van der Waals surface area contributed by atoms with Crippen molar-refractivity contribution in [1.29, 1.82) is 0 Å². The minimum atomic E-state index is -0.315. The zero-order valence-electron chi connectivity index (χ0n) is 8.34. The minimum Gasteiger partial charge on any atom is -0.397 e. The summed E-state index contributed by atoms with van der Waals surface area (Å²) in [5.74, 6) is -0.315. The predicted molar refractivity (Wildman–Crippen MR) is 55.7 cm³/mol. The molecule has 1 atom stereocenters. The van der Waals surface area contributed by atoms with E-state index in [1.807, 2.05) is 6.92 Å². The molecule has 0 fully saturated rings. The normalized spacial score (nSPS) is 12.6. The van der Waals surface area contributed by atoms with Gasteiger partial charge in [-0.3, -0.25) is 0 Å². The molecule has 4 heteroatoms. The summed E-state index contributed by atoms with van der Waals surface area (Å²) < 4.78 is 13.0. The van der Waals surface area contributed by atoms with Crippen molar-refractivity contribution in [1.82, 2.24) is 0 Å². The van der Waals surface area contributed by atoms with Crippen molar-refractivity contribution in [2.45, 2.75) is 19.9 Å². The molecule has 0 aliphatic heterocycles. The summed E-state index contributed by atoms with van der Waals surface area (Å²) in [5, 5.41) is 11.8. The van der Waals surface area contributed by atoms with Gasteiger partial charge in [0.15, 0.2) is 0 Å². The van der Waals surface area contributed by atoms with Crippen LogP contribution in [0.3, 0.4) is 0 Å². The van der Waals surface area contributed by atoms with Gasteiger partial charge in [-0.05, 0) is 31.5 Å². The molecule has 4 N–H and O–H groups in total. The maximum atomic E-state index is 13.0. The van der Waals surface area contributed by atoms with Gasteiger partial charge in [0.05, 0.1) is 18.0 Å². The molecule has 0 radical (unpaired) electrons. The lowest BCUT2D eigenvalue weighted by molar-refractivity contribution is 0.281. The Hall–Kier alpha value is -1.29. The second-order valence-corrected chi connectivity index (χ2v) is 3.42. The second kappa shape index (κ2) is 4.28. The first kappa shape index (κ1) is 10.8. The Morgan fingerprint density at radius 3 is 2.79 bits per heavy atom. The molecule has 1 aromatic rings. The first-order chi connectivity index (χ1) is 6.54. The molecule has 0 heterocycles. The summed E-state index contributed by atoms with van der Waals surface area (Å²) >= 11 is 0. The van der Waals surface area contributed by atoms with E-state index in [4.69, 9.17) is 10.8 Å². The number of nitrogens with two attached hydrogens (primary N) is 1. The number of nitrogens with one attached hydrogen (secondary N) is 1. The SMILES string of the molecule is Cc1cc(NC(C)CO)c(N)cc1F. The van der Waals surface area contributed by atoms with Crippen LogP contribution in [0.25, 0.3) is 0 Å². The van der Waals surface area contributed by atoms with E-state index >= 15 is 0 Å². The molecule has 3 nitrogen and oxygen atoms in total. The molecule has 78 valence electrons. The van der Waals surface area contributed by atoms with Gasteiger partial charge in [-0.1, -0.05) is 0 Å². The number of hydrogen-bond donors (Lipinski definition) is 3. The number of halogens is 1. The van der Waals surface area contributed by atoms with Crippen molar-refractivity contribution in [3.8, 4) is 0 Å². The average Bonchev–Trinajstić information content (AvgIpc) is 2.14. The third-order valence-corrected chi connectivity index (χ3v) is 2.01. The molecule has 0 amide bonds. The Labute approximate surface area is 82.7 Å². The van der Waals surface area contributed by atoms with E-state index in [0.717, 1.165) is 0 Å². The van der Waals surface area contributed by atoms with Crippen LogP contribution in [-0.2, 0) is 0 Å². The van der Waals surface area contributed by atoms with Crippen LogP contribution in [0.5, 0.6) is 0 Å². The first-order valence-corrected chi connectivity index (χ1v) is 4.47. The molecule has 0 aliphatic rings. The van der Waals surface area contributed by atoms with Crippen molar-refractivity contribution in [3.63, 3.8) is 0 Å². The fourth-order valence-electron chi connectivity index (χ4n) is 1.13. The van der Waals surface area contributed by atoms with Gasteiger partial charge in [0.1, 0.15) is 5.82 Å². The summed E-state index contributed by atoms with van der Waals surface area (Å²) in [5.41, 5.74) is 7.16. The van der Waals surface area contributed by atoms with Gasteiger partial charge in [0, 0.05) is 6.04 Å². The fraction of sp³-hybridized carbons (Fsp3) is 0.400. The zero-order chi connectivity index (χ0) is 10.7. The van der Waals surface area contributed by atoms with Crippen molar-refractivity contribution in [3.05, 3.63) is 23.5 Å². The zero-order valence-corrected chi connectivity index (χ0v) is 8.34. The quantitative estimate of drug-likeness (QED) is 0.645. The Balaban J connectivity index is 2.92. The summed E-state index contributed by atoms with van der Waals surface area (Å²) in [4.78, 5) is 0. The third kappa shape index (κ3) is 2.35. The van der Waals surface area contributed by atoms with E-state index in [9.17, 15) is 4.39 Å². The lowest BCUT2D eigenvalue weighted by atomic mass is 10.1. The van der Waals surface area contributed by atoms with Crippen LogP contribution in [0, 0.1) is 12.7 Å². The van der Waals surface area contributed by atoms with E-state index in [0.29, 0.717) is 16.9 Å². The molecule has 1 aromatic carbocycles. The maximum absolute atomic E-state index is 13.0. The monoisotopic (exact) mass is 198 g/mol. The molecule has 1 unspecified atom stereocenters. The van der Waals surface area contributed by atoms with E-state index < -0.39 is 0 Å². The predicted octanol–water partition coefficient (Wildman–Crippen LogP) is 1.51. The number of hydrogen-bond acceptors (Lipinski definition) is 3. The largest absolute Gasteiger partial charge is 0.397 e. The third-order valence-electron chi connectivity index (χ3n) is 2.01. The highest BCUT2D eigenvalue weighted by Gasteiger charge is 2.06. The minimum absolute atomic E-state index is 0.00979. The molecule has 0 saturated heterocycles. The van der Waals surface area contributed by atoms with Crippen LogP contribution in [-0.4, -0.2) is 17.8 Å². The van der Waals surface area contributed by atoms with Gasteiger partial charge in [-0.2, -0.15) is 0 Å². The molecular formula is C10H15FN2O. The molecular weight excluding hydrogens is 183 g/mol. The van der Waals surface area contributed by atoms with E-state index in [1.54, 1.807) is 13.0 Å². The lowest BCUT2D eigenvalue weighted by Crippen LogP contribution is -2.20. The Morgan fingerprint density at radius 1 is 1.57 bits per heavy atom. The van der Waals surface area contributed by atoms with Crippen LogP contribution < -0.4 is 11.1 Å².